The highest BCUT2D eigenvalue weighted by Crippen LogP contribution is 2.14. The van der Waals surface area contributed by atoms with E-state index in [1.165, 1.54) is 16.8 Å². The topological polar surface area (TPSA) is 90.0 Å². The normalized spacial score (nSPS) is 11.3. The van der Waals surface area contributed by atoms with E-state index in [0.29, 0.717) is 12.2 Å². The van der Waals surface area contributed by atoms with Crippen molar-refractivity contribution in [3.05, 3.63) is 58.5 Å². The van der Waals surface area contributed by atoms with Gasteiger partial charge in [-0.3, -0.25) is 9.59 Å². The molecule has 122 valence electrons. The molecule has 23 heavy (non-hydrogen) atoms. The number of nitrogens with two attached hydrogens (primary N) is 1. The van der Waals surface area contributed by atoms with Gasteiger partial charge in [0.1, 0.15) is 5.69 Å². The van der Waals surface area contributed by atoms with Crippen LogP contribution in [0.2, 0.25) is 0 Å². The number of carbonyl (C=O) groups is 1. The molecule has 0 atom stereocenters. The lowest BCUT2D eigenvalue weighted by Gasteiger charge is -2.31. The monoisotopic (exact) mass is 314 g/mol. The number of nitrogens with zero attached hydrogens (tertiary/aromatic N) is 2. The van der Waals surface area contributed by atoms with Gasteiger partial charge >= 0.3 is 0 Å². The molecule has 0 radical (unpaired) electrons. The first-order valence-electron chi connectivity index (χ1n) is 7.73. The summed E-state index contributed by atoms with van der Waals surface area (Å²) in [5.74, 6) is -0.330. The third kappa shape index (κ3) is 3.65. The number of benzene rings is 1. The molecule has 0 fully saturated rings. The fourth-order valence-corrected chi connectivity index (χ4v) is 2.36. The smallest absolute Gasteiger partial charge is 0.272 e. The number of hydrogen-bond acceptors (Lipinski definition) is 4. The number of para-hydroxylation sites is 1. The Morgan fingerprint density at radius 3 is 2.39 bits per heavy atom. The van der Waals surface area contributed by atoms with Gasteiger partial charge in [-0.1, -0.05) is 32.0 Å². The van der Waals surface area contributed by atoms with E-state index in [-0.39, 0.29) is 17.2 Å². The fraction of sp³-hybridized carbons (Fsp3) is 0.353. The maximum absolute atomic E-state index is 12.5. The molecule has 2 aromatic rings. The van der Waals surface area contributed by atoms with Crippen LogP contribution in [0.5, 0.6) is 0 Å². The van der Waals surface area contributed by atoms with Crippen LogP contribution in [0.4, 0.5) is 0 Å². The third-order valence-corrected chi connectivity index (χ3v) is 4.16. The summed E-state index contributed by atoms with van der Waals surface area (Å²) in [5.41, 5.74) is 5.87. The molecular weight excluding hydrogens is 292 g/mol. The Labute approximate surface area is 135 Å². The molecule has 0 spiro atoms. The summed E-state index contributed by atoms with van der Waals surface area (Å²) in [7, 11) is 0. The summed E-state index contributed by atoms with van der Waals surface area (Å²) in [4.78, 5) is 24.5. The lowest BCUT2D eigenvalue weighted by Crippen LogP contribution is -2.53. The van der Waals surface area contributed by atoms with Crippen molar-refractivity contribution in [1.29, 1.82) is 0 Å². The molecule has 0 saturated heterocycles. The zero-order chi connectivity index (χ0) is 16.9. The summed E-state index contributed by atoms with van der Waals surface area (Å²) >= 11 is 0. The number of hydrogen-bond donors (Lipinski definition) is 2. The van der Waals surface area contributed by atoms with Crippen LogP contribution in [0.3, 0.4) is 0 Å². The van der Waals surface area contributed by atoms with E-state index in [4.69, 9.17) is 5.73 Å². The predicted molar refractivity (Wildman–Crippen MR) is 89.7 cm³/mol. The van der Waals surface area contributed by atoms with Crippen LogP contribution in [0, 0.1) is 0 Å². The number of rotatable bonds is 6. The number of carbonyl (C=O) groups excluding carboxylic acids is 1. The van der Waals surface area contributed by atoms with E-state index >= 15 is 0 Å². The predicted octanol–water partition coefficient (Wildman–Crippen LogP) is 1.48. The van der Waals surface area contributed by atoms with Crippen molar-refractivity contribution in [2.45, 2.75) is 32.2 Å². The molecule has 0 aliphatic rings. The molecule has 6 heteroatoms. The van der Waals surface area contributed by atoms with Gasteiger partial charge in [0, 0.05) is 12.6 Å². The van der Waals surface area contributed by atoms with Crippen molar-refractivity contribution in [1.82, 2.24) is 15.1 Å². The summed E-state index contributed by atoms with van der Waals surface area (Å²) in [6, 6.07) is 11.8. The zero-order valence-corrected chi connectivity index (χ0v) is 13.5. The summed E-state index contributed by atoms with van der Waals surface area (Å²) in [6.45, 7) is 4.31. The summed E-state index contributed by atoms with van der Waals surface area (Å²) in [5, 5.41) is 7.13. The van der Waals surface area contributed by atoms with Crippen LogP contribution in [0.25, 0.3) is 5.69 Å². The first-order chi connectivity index (χ1) is 11.0. The Hall–Kier alpha value is -2.47. The first kappa shape index (κ1) is 16.9. The molecular formula is C17H22N4O2. The van der Waals surface area contributed by atoms with Gasteiger partial charge in [0.15, 0.2) is 0 Å². The molecule has 0 saturated carbocycles. The molecule has 3 N–H and O–H groups in total. The second-order valence-corrected chi connectivity index (χ2v) is 5.45. The molecule has 0 bridgehead atoms. The van der Waals surface area contributed by atoms with Crippen LogP contribution in [0.15, 0.2) is 47.3 Å². The van der Waals surface area contributed by atoms with Crippen molar-refractivity contribution in [3.8, 4) is 5.69 Å². The van der Waals surface area contributed by atoms with E-state index in [0.717, 1.165) is 12.8 Å². The molecule has 1 heterocycles. The quantitative estimate of drug-likeness (QED) is 0.845. The lowest BCUT2D eigenvalue weighted by atomic mass is 9.93. The Morgan fingerprint density at radius 2 is 1.83 bits per heavy atom. The SMILES string of the molecule is CCC(CC)(CN)NC(=O)c1ccc(=O)n(-c2ccccc2)n1. The van der Waals surface area contributed by atoms with Crippen molar-refractivity contribution >= 4 is 5.91 Å². The van der Waals surface area contributed by atoms with Crippen LogP contribution < -0.4 is 16.6 Å². The molecule has 0 aliphatic carbocycles. The largest absolute Gasteiger partial charge is 0.344 e. The maximum Gasteiger partial charge on any atom is 0.272 e. The van der Waals surface area contributed by atoms with Crippen molar-refractivity contribution in [2.24, 2.45) is 5.73 Å². The highest BCUT2D eigenvalue weighted by molar-refractivity contribution is 5.92. The summed E-state index contributed by atoms with van der Waals surface area (Å²) in [6.07, 6.45) is 1.45. The second kappa shape index (κ2) is 7.19. The number of aromatic nitrogens is 2. The van der Waals surface area contributed by atoms with Gasteiger partial charge in [0.2, 0.25) is 0 Å². The zero-order valence-electron chi connectivity index (χ0n) is 13.5. The average molecular weight is 314 g/mol. The highest BCUT2D eigenvalue weighted by Gasteiger charge is 2.27. The van der Waals surface area contributed by atoms with E-state index in [1.807, 2.05) is 32.0 Å². The Morgan fingerprint density at radius 1 is 1.17 bits per heavy atom. The van der Waals surface area contributed by atoms with E-state index in [2.05, 4.69) is 10.4 Å². The van der Waals surface area contributed by atoms with Crippen molar-refractivity contribution < 1.29 is 4.79 Å². The molecule has 1 aromatic carbocycles. The summed E-state index contributed by atoms with van der Waals surface area (Å²) < 4.78 is 1.22. The van der Waals surface area contributed by atoms with E-state index in [1.54, 1.807) is 12.1 Å². The van der Waals surface area contributed by atoms with E-state index < -0.39 is 5.54 Å². The standard InChI is InChI=1S/C17H22N4O2/c1-3-17(4-2,12-18)19-16(23)14-10-11-15(22)21(20-14)13-8-6-5-7-9-13/h5-11H,3-4,12,18H2,1-2H3,(H,19,23). The number of amides is 1. The minimum Gasteiger partial charge on any atom is -0.344 e. The minimum atomic E-state index is -0.452. The Kier molecular flexibility index (Phi) is 5.28. The van der Waals surface area contributed by atoms with Crippen LogP contribution >= 0.6 is 0 Å². The van der Waals surface area contributed by atoms with Crippen molar-refractivity contribution in [2.75, 3.05) is 6.54 Å². The van der Waals surface area contributed by atoms with E-state index in [9.17, 15) is 9.59 Å². The molecule has 6 nitrogen and oxygen atoms in total. The second-order valence-electron chi connectivity index (χ2n) is 5.45. The number of nitrogens with one attached hydrogen (secondary N) is 1. The fourth-order valence-electron chi connectivity index (χ4n) is 2.36. The van der Waals surface area contributed by atoms with Crippen molar-refractivity contribution in [3.63, 3.8) is 0 Å². The molecule has 0 aliphatic heterocycles. The molecule has 2 rings (SSSR count). The van der Waals surface area contributed by atoms with Gasteiger partial charge < -0.3 is 11.1 Å². The van der Waals surface area contributed by atoms with Crippen LogP contribution in [0.1, 0.15) is 37.2 Å². The average Bonchev–Trinajstić information content (AvgIpc) is 2.61. The van der Waals surface area contributed by atoms with Gasteiger partial charge in [-0.25, -0.2) is 0 Å². The maximum atomic E-state index is 12.5. The lowest BCUT2D eigenvalue weighted by molar-refractivity contribution is 0.0888. The van der Waals surface area contributed by atoms with Gasteiger partial charge in [-0.15, -0.1) is 0 Å². The van der Waals surface area contributed by atoms with Crippen LogP contribution in [-0.2, 0) is 0 Å². The third-order valence-electron chi connectivity index (χ3n) is 4.16. The minimum absolute atomic E-state index is 0.188. The molecule has 1 amide bonds. The Bertz CT molecular complexity index is 713. The Balaban J connectivity index is 2.34. The first-order valence-corrected chi connectivity index (χ1v) is 7.73. The molecule has 1 aromatic heterocycles. The molecule has 0 unspecified atom stereocenters. The van der Waals surface area contributed by atoms with Gasteiger partial charge in [0.05, 0.1) is 11.2 Å². The van der Waals surface area contributed by atoms with Gasteiger partial charge in [0.25, 0.3) is 11.5 Å². The van der Waals surface area contributed by atoms with Gasteiger partial charge in [-0.05, 0) is 31.0 Å². The van der Waals surface area contributed by atoms with Crippen LogP contribution in [-0.4, -0.2) is 27.8 Å². The highest BCUT2D eigenvalue weighted by atomic mass is 16.2. The van der Waals surface area contributed by atoms with Gasteiger partial charge in [-0.2, -0.15) is 9.78 Å².